The van der Waals surface area contributed by atoms with E-state index in [1.165, 1.54) is 28.8 Å². The molecule has 0 spiro atoms. The van der Waals surface area contributed by atoms with Gasteiger partial charge in [0.05, 0.1) is 12.2 Å². The number of hydrogen-bond acceptors (Lipinski definition) is 6. The van der Waals surface area contributed by atoms with Gasteiger partial charge in [0, 0.05) is 24.4 Å². The van der Waals surface area contributed by atoms with Crippen LogP contribution in [0.1, 0.15) is 30.1 Å². The van der Waals surface area contributed by atoms with Crippen LogP contribution in [0.15, 0.2) is 29.1 Å². The monoisotopic (exact) mass is 357 g/mol. The van der Waals surface area contributed by atoms with Crippen LogP contribution in [0.4, 0.5) is 11.4 Å². The largest absolute Gasteiger partial charge is 0.379 e. The fourth-order valence-corrected chi connectivity index (χ4v) is 3.28. The number of nitrogens with one attached hydrogen (secondary N) is 2. The van der Waals surface area contributed by atoms with E-state index in [9.17, 15) is 9.59 Å². The molecule has 25 heavy (non-hydrogen) atoms. The van der Waals surface area contributed by atoms with E-state index in [0.717, 1.165) is 28.4 Å². The Balaban J connectivity index is 1.77. The Hall–Kier alpha value is -2.74. The predicted octanol–water partition coefficient (Wildman–Crippen LogP) is 2.59. The number of aryl methyl sites for hydroxylation is 2. The van der Waals surface area contributed by atoms with Gasteiger partial charge in [0.2, 0.25) is 10.9 Å². The van der Waals surface area contributed by atoms with Crippen LogP contribution < -0.4 is 16.2 Å². The number of benzene rings is 1. The maximum absolute atomic E-state index is 12.1. The molecule has 0 aliphatic carbocycles. The summed E-state index contributed by atoms with van der Waals surface area (Å²) in [5, 5.41) is 11.2. The molecule has 3 rings (SSSR count). The van der Waals surface area contributed by atoms with Crippen LogP contribution in [-0.4, -0.2) is 20.5 Å². The van der Waals surface area contributed by atoms with Crippen molar-refractivity contribution in [1.82, 2.24) is 14.6 Å². The Morgan fingerprint density at radius 3 is 2.80 bits per heavy atom. The molecule has 3 aromatic rings. The highest BCUT2D eigenvalue weighted by atomic mass is 32.1. The molecule has 0 radical (unpaired) electrons. The van der Waals surface area contributed by atoms with Gasteiger partial charge in [-0.2, -0.15) is 9.61 Å². The highest BCUT2D eigenvalue weighted by molar-refractivity contribution is 7.16. The third kappa shape index (κ3) is 3.85. The molecule has 0 bridgehead atoms. The summed E-state index contributed by atoms with van der Waals surface area (Å²) in [6.45, 7) is 5.84. The summed E-state index contributed by atoms with van der Waals surface area (Å²) in [6, 6.07) is 7.17. The maximum Gasteiger partial charge on any atom is 0.275 e. The lowest BCUT2D eigenvalue weighted by Gasteiger charge is -2.10. The normalized spacial score (nSPS) is 10.8. The maximum atomic E-state index is 12.1. The lowest BCUT2D eigenvalue weighted by Crippen LogP contribution is -2.16. The molecule has 130 valence electrons. The molecule has 1 amide bonds. The summed E-state index contributed by atoms with van der Waals surface area (Å²) in [6.07, 6.45) is 0.779. The average molecular weight is 357 g/mol. The summed E-state index contributed by atoms with van der Waals surface area (Å²) in [5.41, 5.74) is 3.13. The third-order valence-electron chi connectivity index (χ3n) is 3.65. The van der Waals surface area contributed by atoms with Crippen LogP contribution in [0.2, 0.25) is 0 Å². The van der Waals surface area contributed by atoms with Crippen LogP contribution in [0.25, 0.3) is 4.96 Å². The first-order valence-corrected chi connectivity index (χ1v) is 8.78. The standard InChI is InChI=1S/C17H19N5O2S/c1-4-15-21-22-16(24)8-13(20-17(22)25-15)9-18-12-5-6-14(10(2)7-12)19-11(3)23/h5-8,18H,4,9H2,1-3H3,(H,19,23). The van der Waals surface area contributed by atoms with E-state index < -0.39 is 0 Å². The lowest BCUT2D eigenvalue weighted by atomic mass is 10.1. The second kappa shape index (κ2) is 7.02. The Morgan fingerprint density at radius 1 is 1.32 bits per heavy atom. The molecule has 8 heteroatoms. The van der Waals surface area contributed by atoms with Gasteiger partial charge in [-0.05, 0) is 37.1 Å². The zero-order chi connectivity index (χ0) is 18.0. The Bertz CT molecular complexity index is 992. The van der Waals surface area contributed by atoms with E-state index in [1.807, 2.05) is 32.0 Å². The number of fused-ring (bicyclic) bond motifs is 1. The van der Waals surface area contributed by atoms with Gasteiger partial charge < -0.3 is 10.6 Å². The van der Waals surface area contributed by atoms with Gasteiger partial charge in [-0.3, -0.25) is 9.59 Å². The van der Waals surface area contributed by atoms with E-state index in [1.54, 1.807) is 0 Å². The van der Waals surface area contributed by atoms with E-state index >= 15 is 0 Å². The number of carbonyl (C=O) groups excluding carboxylic acids is 1. The quantitative estimate of drug-likeness (QED) is 0.733. The second-order valence-electron chi connectivity index (χ2n) is 5.69. The Kier molecular flexibility index (Phi) is 4.80. The van der Waals surface area contributed by atoms with Crippen molar-refractivity contribution >= 4 is 33.6 Å². The molecule has 2 aromatic heterocycles. The minimum Gasteiger partial charge on any atom is -0.379 e. The van der Waals surface area contributed by atoms with E-state index in [-0.39, 0.29) is 11.5 Å². The molecule has 1 aromatic carbocycles. The van der Waals surface area contributed by atoms with E-state index in [0.29, 0.717) is 17.2 Å². The number of hydrogen-bond donors (Lipinski definition) is 2. The van der Waals surface area contributed by atoms with Crippen molar-refractivity contribution in [1.29, 1.82) is 0 Å². The third-order valence-corrected chi connectivity index (χ3v) is 4.71. The first-order chi connectivity index (χ1) is 12.0. The SMILES string of the molecule is CCc1nn2c(=O)cc(CNc3ccc(NC(C)=O)c(C)c3)nc2s1. The smallest absolute Gasteiger partial charge is 0.275 e. The topological polar surface area (TPSA) is 88.4 Å². The molecule has 0 fully saturated rings. The number of aromatic nitrogens is 3. The summed E-state index contributed by atoms with van der Waals surface area (Å²) in [5.74, 6) is -0.0993. The highest BCUT2D eigenvalue weighted by Crippen LogP contribution is 2.20. The van der Waals surface area contributed by atoms with Crippen LogP contribution in [0.3, 0.4) is 0 Å². The summed E-state index contributed by atoms with van der Waals surface area (Å²) < 4.78 is 1.35. The zero-order valence-corrected chi connectivity index (χ0v) is 15.1. The van der Waals surface area contributed by atoms with Gasteiger partial charge in [-0.15, -0.1) is 0 Å². The molecule has 0 atom stereocenters. The van der Waals surface area contributed by atoms with Gasteiger partial charge in [0.15, 0.2) is 0 Å². The number of rotatable bonds is 5. The molecule has 0 unspecified atom stereocenters. The number of anilines is 2. The minimum absolute atomic E-state index is 0.0993. The highest BCUT2D eigenvalue weighted by Gasteiger charge is 2.08. The molecule has 0 saturated carbocycles. The van der Waals surface area contributed by atoms with E-state index in [2.05, 4.69) is 20.7 Å². The van der Waals surface area contributed by atoms with Crippen molar-refractivity contribution < 1.29 is 4.79 Å². The van der Waals surface area contributed by atoms with Gasteiger partial charge in [-0.1, -0.05) is 18.3 Å². The van der Waals surface area contributed by atoms with Crippen molar-refractivity contribution in [2.75, 3.05) is 10.6 Å². The number of nitrogens with zero attached hydrogens (tertiary/aromatic N) is 3. The molecule has 0 aliphatic heterocycles. The molecule has 7 nitrogen and oxygen atoms in total. The molecule has 2 N–H and O–H groups in total. The van der Waals surface area contributed by atoms with Gasteiger partial charge in [0.25, 0.3) is 5.56 Å². The van der Waals surface area contributed by atoms with Crippen molar-refractivity contribution in [2.45, 2.75) is 33.7 Å². The van der Waals surface area contributed by atoms with Crippen LogP contribution in [-0.2, 0) is 17.8 Å². The fraction of sp³-hybridized carbons (Fsp3) is 0.294. The Labute approximate surface area is 148 Å². The number of amides is 1. The summed E-state index contributed by atoms with van der Waals surface area (Å²) >= 11 is 1.43. The number of carbonyl (C=O) groups is 1. The van der Waals surface area contributed by atoms with Crippen LogP contribution >= 0.6 is 11.3 Å². The summed E-state index contributed by atoms with van der Waals surface area (Å²) in [4.78, 5) is 28.4. The lowest BCUT2D eigenvalue weighted by molar-refractivity contribution is -0.114. The van der Waals surface area contributed by atoms with Crippen molar-refractivity contribution in [3.05, 3.63) is 50.9 Å². The molecule has 0 saturated heterocycles. The predicted molar refractivity (Wildman–Crippen MR) is 99.3 cm³/mol. The minimum atomic E-state index is -0.171. The summed E-state index contributed by atoms with van der Waals surface area (Å²) in [7, 11) is 0. The van der Waals surface area contributed by atoms with Gasteiger partial charge in [-0.25, -0.2) is 4.98 Å². The van der Waals surface area contributed by atoms with Gasteiger partial charge >= 0.3 is 0 Å². The molecular formula is C17H19N5O2S. The molecule has 0 aliphatic rings. The van der Waals surface area contributed by atoms with Crippen molar-refractivity contribution in [2.24, 2.45) is 0 Å². The van der Waals surface area contributed by atoms with Crippen molar-refractivity contribution in [3.63, 3.8) is 0 Å². The molecule has 2 heterocycles. The fourth-order valence-electron chi connectivity index (χ4n) is 2.43. The van der Waals surface area contributed by atoms with E-state index in [4.69, 9.17) is 0 Å². The second-order valence-corrected chi connectivity index (χ2v) is 6.73. The zero-order valence-electron chi connectivity index (χ0n) is 14.3. The first-order valence-electron chi connectivity index (χ1n) is 7.97. The Morgan fingerprint density at radius 2 is 2.12 bits per heavy atom. The molecular weight excluding hydrogens is 338 g/mol. The van der Waals surface area contributed by atoms with Crippen LogP contribution in [0.5, 0.6) is 0 Å². The van der Waals surface area contributed by atoms with Crippen LogP contribution in [0, 0.1) is 6.92 Å². The average Bonchev–Trinajstić information content (AvgIpc) is 2.99. The van der Waals surface area contributed by atoms with Gasteiger partial charge in [0.1, 0.15) is 5.01 Å². The van der Waals surface area contributed by atoms with Crippen molar-refractivity contribution in [3.8, 4) is 0 Å². The first kappa shape index (κ1) is 17.1.